The number of carbonyl (C=O) groups is 1. The van der Waals surface area contributed by atoms with Crippen LogP contribution in [0.2, 0.25) is 0 Å². The molecule has 0 bridgehead atoms. The number of aliphatic hydroxyl groups is 1. The molecule has 3 aromatic carbocycles. The van der Waals surface area contributed by atoms with Gasteiger partial charge in [0.05, 0.1) is 12.0 Å². The lowest BCUT2D eigenvalue weighted by Gasteiger charge is -2.37. The van der Waals surface area contributed by atoms with Crippen LogP contribution < -0.4 is 0 Å². The van der Waals surface area contributed by atoms with E-state index in [4.69, 9.17) is 9.84 Å². The molecule has 4 rings (SSSR count). The van der Waals surface area contributed by atoms with Crippen molar-refractivity contribution in [1.82, 2.24) is 9.55 Å². The second kappa shape index (κ2) is 11.1. The summed E-state index contributed by atoms with van der Waals surface area (Å²) in [5.41, 5.74) is 3.45. The van der Waals surface area contributed by atoms with Gasteiger partial charge < -0.3 is 14.4 Å². The summed E-state index contributed by atoms with van der Waals surface area (Å²) < 4.78 is 7.26. The van der Waals surface area contributed by atoms with Gasteiger partial charge in [-0.05, 0) is 23.6 Å². The van der Waals surface area contributed by atoms with Crippen molar-refractivity contribution in [2.45, 2.75) is 26.0 Å². The number of esters is 1. The molecule has 0 atom stereocenters. The van der Waals surface area contributed by atoms with Crippen molar-refractivity contribution in [3.05, 3.63) is 126 Å². The molecule has 5 nitrogen and oxygen atoms in total. The van der Waals surface area contributed by atoms with Crippen LogP contribution in [0.1, 0.15) is 36.2 Å². The monoisotopic (exact) mass is 428 g/mol. The highest BCUT2D eigenvalue weighted by molar-refractivity contribution is 5.65. The standard InChI is InChI=1S/C25H22N2O2.C2H6O/c1-20(28)29-18-24-17-27(19-26-24)25(21-11-5-2-6-12-21,22-13-7-3-8-14-22)23-15-9-4-10-16-23;1-2-3/h2-17,19H,18H2,1H3;3H,2H2,1H3. The summed E-state index contributed by atoms with van der Waals surface area (Å²) in [6, 6.07) is 31.1. The quantitative estimate of drug-likeness (QED) is 0.354. The van der Waals surface area contributed by atoms with Crippen LogP contribution >= 0.6 is 0 Å². The fourth-order valence-corrected chi connectivity index (χ4v) is 3.78. The number of nitrogens with zero attached hydrogens (tertiary/aromatic N) is 2. The zero-order valence-corrected chi connectivity index (χ0v) is 18.4. The first-order valence-electron chi connectivity index (χ1n) is 10.6. The van der Waals surface area contributed by atoms with E-state index in [0.717, 1.165) is 16.7 Å². The molecule has 0 aliphatic heterocycles. The van der Waals surface area contributed by atoms with E-state index in [0.29, 0.717) is 5.69 Å². The average molecular weight is 429 g/mol. The molecule has 0 radical (unpaired) electrons. The minimum absolute atomic E-state index is 0.150. The van der Waals surface area contributed by atoms with Crippen LogP contribution in [0.5, 0.6) is 0 Å². The fourth-order valence-electron chi connectivity index (χ4n) is 3.78. The SMILES string of the molecule is CC(=O)OCc1cn(C(c2ccccc2)(c2ccccc2)c2ccccc2)cn1.CCO. The van der Waals surface area contributed by atoms with Gasteiger partial charge in [-0.3, -0.25) is 4.79 Å². The van der Waals surface area contributed by atoms with Crippen molar-refractivity contribution in [2.24, 2.45) is 0 Å². The Hall–Kier alpha value is -3.70. The zero-order valence-electron chi connectivity index (χ0n) is 18.4. The lowest BCUT2D eigenvalue weighted by molar-refractivity contribution is -0.142. The van der Waals surface area contributed by atoms with E-state index in [-0.39, 0.29) is 19.2 Å². The summed E-state index contributed by atoms with van der Waals surface area (Å²) in [7, 11) is 0. The second-order valence-electron chi connectivity index (χ2n) is 7.18. The minimum atomic E-state index is -0.606. The molecule has 4 aromatic rings. The van der Waals surface area contributed by atoms with E-state index in [1.807, 2.05) is 67.1 Å². The topological polar surface area (TPSA) is 64.4 Å². The molecular weight excluding hydrogens is 400 g/mol. The minimum Gasteiger partial charge on any atom is -0.459 e. The van der Waals surface area contributed by atoms with E-state index in [1.165, 1.54) is 6.92 Å². The highest BCUT2D eigenvalue weighted by Crippen LogP contribution is 2.40. The average Bonchev–Trinajstić information content (AvgIpc) is 3.30. The molecule has 0 amide bonds. The summed E-state index contributed by atoms with van der Waals surface area (Å²) in [5.74, 6) is -0.319. The number of carbonyl (C=O) groups excluding carboxylic acids is 1. The zero-order chi connectivity index (χ0) is 22.8. The van der Waals surface area contributed by atoms with Gasteiger partial charge in [0.25, 0.3) is 0 Å². The lowest BCUT2D eigenvalue weighted by atomic mass is 9.77. The highest BCUT2D eigenvalue weighted by atomic mass is 16.5. The maximum Gasteiger partial charge on any atom is 0.303 e. The van der Waals surface area contributed by atoms with Crippen molar-refractivity contribution in [1.29, 1.82) is 0 Å². The molecule has 0 spiro atoms. The maximum atomic E-state index is 11.2. The van der Waals surface area contributed by atoms with Gasteiger partial charge in [0.1, 0.15) is 12.1 Å². The predicted molar refractivity (Wildman–Crippen MR) is 125 cm³/mol. The van der Waals surface area contributed by atoms with Gasteiger partial charge in [-0.25, -0.2) is 4.98 Å². The number of aliphatic hydroxyl groups excluding tert-OH is 1. The third kappa shape index (κ3) is 4.95. The van der Waals surface area contributed by atoms with E-state index in [9.17, 15) is 4.79 Å². The number of hydrogen-bond donors (Lipinski definition) is 1. The molecule has 0 aliphatic rings. The van der Waals surface area contributed by atoms with Crippen molar-refractivity contribution < 1.29 is 14.6 Å². The normalized spacial score (nSPS) is 10.7. The summed E-state index contributed by atoms with van der Waals surface area (Å²) >= 11 is 0. The Morgan fingerprint density at radius 3 is 1.66 bits per heavy atom. The Labute approximate surface area is 189 Å². The van der Waals surface area contributed by atoms with Gasteiger partial charge in [-0.2, -0.15) is 0 Å². The first-order valence-corrected chi connectivity index (χ1v) is 10.6. The number of benzene rings is 3. The molecule has 0 saturated heterocycles. The van der Waals surface area contributed by atoms with Gasteiger partial charge in [-0.15, -0.1) is 0 Å². The molecular formula is C27H28N2O3. The largest absolute Gasteiger partial charge is 0.459 e. The molecule has 1 aromatic heterocycles. The first kappa shape index (κ1) is 23.0. The number of aromatic nitrogens is 2. The summed E-state index contributed by atoms with van der Waals surface area (Å²) in [6.07, 6.45) is 3.77. The van der Waals surface area contributed by atoms with Gasteiger partial charge in [-0.1, -0.05) is 91.0 Å². The summed E-state index contributed by atoms with van der Waals surface area (Å²) in [4.78, 5) is 15.7. The molecule has 0 fully saturated rings. The van der Waals surface area contributed by atoms with Crippen LogP contribution in [-0.4, -0.2) is 27.2 Å². The van der Waals surface area contributed by atoms with Crippen molar-refractivity contribution in [3.63, 3.8) is 0 Å². The van der Waals surface area contributed by atoms with Crippen LogP contribution in [0.4, 0.5) is 0 Å². The lowest BCUT2D eigenvalue weighted by Crippen LogP contribution is -2.36. The molecule has 164 valence electrons. The van der Waals surface area contributed by atoms with E-state index >= 15 is 0 Å². The smallest absolute Gasteiger partial charge is 0.303 e. The van der Waals surface area contributed by atoms with Crippen LogP contribution in [0, 0.1) is 0 Å². The molecule has 1 heterocycles. The molecule has 1 N–H and O–H groups in total. The number of rotatable bonds is 6. The number of ether oxygens (including phenoxy) is 1. The van der Waals surface area contributed by atoms with Gasteiger partial charge in [0, 0.05) is 19.7 Å². The van der Waals surface area contributed by atoms with E-state index < -0.39 is 5.54 Å². The Kier molecular flexibility index (Phi) is 7.95. The predicted octanol–water partition coefficient (Wildman–Crippen LogP) is 4.79. The van der Waals surface area contributed by atoms with Crippen LogP contribution in [-0.2, 0) is 21.7 Å². The Morgan fingerprint density at radius 2 is 1.28 bits per heavy atom. The van der Waals surface area contributed by atoms with Gasteiger partial charge >= 0.3 is 5.97 Å². The molecule has 0 saturated carbocycles. The van der Waals surface area contributed by atoms with Crippen molar-refractivity contribution in [2.75, 3.05) is 6.61 Å². The Morgan fingerprint density at radius 1 is 0.875 bits per heavy atom. The molecule has 0 aliphatic carbocycles. The van der Waals surface area contributed by atoms with Gasteiger partial charge in [0.15, 0.2) is 0 Å². The first-order chi connectivity index (χ1) is 15.6. The van der Waals surface area contributed by atoms with Crippen LogP contribution in [0.3, 0.4) is 0 Å². The maximum absolute atomic E-state index is 11.2. The summed E-state index contributed by atoms with van der Waals surface area (Å²) in [5, 5.41) is 7.57. The Balaban J connectivity index is 0.000000913. The van der Waals surface area contributed by atoms with Crippen molar-refractivity contribution >= 4 is 5.97 Å². The van der Waals surface area contributed by atoms with Gasteiger partial charge in [0.2, 0.25) is 0 Å². The molecule has 0 unspecified atom stereocenters. The number of hydrogen-bond acceptors (Lipinski definition) is 4. The molecule has 5 heteroatoms. The van der Waals surface area contributed by atoms with Crippen LogP contribution in [0.15, 0.2) is 104 Å². The van der Waals surface area contributed by atoms with E-state index in [2.05, 4.69) is 45.9 Å². The third-order valence-corrected chi connectivity index (χ3v) is 5.02. The Bertz CT molecular complexity index is 997. The van der Waals surface area contributed by atoms with Crippen LogP contribution in [0.25, 0.3) is 0 Å². The van der Waals surface area contributed by atoms with E-state index in [1.54, 1.807) is 6.92 Å². The summed E-state index contributed by atoms with van der Waals surface area (Å²) in [6.45, 7) is 3.48. The van der Waals surface area contributed by atoms with Crippen molar-refractivity contribution in [3.8, 4) is 0 Å². The second-order valence-corrected chi connectivity index (χ2v) is 7.18. The highest BCUT2D eigenvalue weighted by Gasteiger charge is 2.38. The third-order valence-electron chi connectivity index (χ3n) is 5.02. The molecule has 32 heavy (non-hydrogen) atoms. The fraction of sp³-hybridized carbons (Fsp3) is 0.185. The number of imidazole rings is 1.